The molecular formula is C13H24N4O2. The molecule has 2 aliphatic rings. The molecule has 0 aromatic rings. The summed E-state index contributed by atoms with van der Waals surface area (Å²) in [6.07, 6.45) is 2.01. The van der Waals surface area contributed by atoms with E-state index in [-0.39, 0.29) is 30.4 Å². The minimum Gasteiger partial charge on any atom is -0.353 e. The van der Waals surface area contributed by atoms with Gasteiger partial charge in [0.15, 0.2) is 0 Å². The summed E-state index contributed by atoms with van der Waals surface area (Å²) < 4.78 is 0. The Morgan fingerprint density at radius 2 is 2.05 bits per heavy atom. The number of piperazine rings is 1. The Hall–Kier alpha value is -1.14. The van der Waals surface area contributed by atoms with Crippen molar-refractivity contribution in [2.24, 2.45) is 0 Å². The second kappa shape index (κ2) is 6.34. The Morgan fingerprint density at radius 1 is 1.37 bits per heavy atom. The molecule has 0 aliphatic carbocycles. The SMILES string of the molecule is CC(C)N1CCC(NC(=O)C2CNC(=O)CN2)CC1. The minimum absolute atomic E-state index is 0.00277. The molecule has 1 atom stereocenters. The van der Waals surface area contributed by atoms with E-state index < -0.39 is 0 Å². The Balaban J connectivity index is 1.73. The number of hydrogen-bond donors (Lipinski definition) is 3. The molecule has 2 saturated heterocycles. The van der Waals surface area contributed by atoms with Gasteiger partial charge in [-0.3, -0.25) is 14.9 Å². The van der Waals surface area contributed by atoms with Crippen LogP contribution in [0.1, 0.15) is 26.7 Å². The van der Waals surface area contributed by atoms with Crippen molar-refractivity contribution in [2.75, 3.05) is 26.2 Å². The van der Waals surface area contributed by atoms with Crippen molar-refractivity contribution in [2.45, 2.75) is 44.8 Å². The number of amides is 2. The van der Waals surface area contributed by atoms with Crippen LogP contribution in [-0.4, -0.2) is 61.0 Å². The first-order chi connectivity index (χ1) is 9.06. The van der Waals surface area contributed by atoms with Crippen molar-refractivity contribution < 1.29 is 9.59 Å². The second-order valence-corrected chi connectivity index (χ2v) is 5.65. The van der Waals surface area contributed by atoms with Crippen LogP contribution in [0.2, 0.25) is 0 Å². The van der Waals surface area contributed by atoms with Crippen LogP contribution in [0.25, 0.3) is 0 Å². The zero-order chi connectivity index (χ0) is 13.8. The molecule has 19 heavy (non-hydrogen) atoms. The molecule has 0 saturated carbocycles. The fraction of sp³-hybridized carbons (Fsp3) is 0.846. The summed E-state index contributed by atoms with van der Waals surface area (Å²) in [4.78, 5) is 25.5. The third kappa shape index (κ3) is 3.91. The first-order valence-electron chi connectivity index (χ1n) is 7.11. The summed E-state index contributed by atoms with van der Waals surface area (Å²) >= 11 is 0. The van der Waals surface area contributed by atoms with Gasteiger partial charge in [0.2, 0.25) is 11.8 Å². The lowest BCUT2D eigenvalue weighted by molar-refractivity contribution is -0.127. The lowest BCUT2D eigenvalue weighted by Gasteiger charge is -2.35. The molecule has 108 valence electrons. The number of likely N-dealkylation sites (tertiary alicyclic amines) is 1. The van der Waals surface area contributed by atoms with Crippen LogP contribution < -0.4 is 16.0 Å². The molecule has 6 heteroatoms. The summed E-state index contributed by atoms with van der Waals surface area (Å²) in [6, 6.07) is 0.551. The number of carbonyl (C=O) groups excluding carboxylic acids is 2. The van der Waals surface area contributed by atoms with Gasteiger partial charge < -0.3 is 15.5 Å². The van der Waals surface area contributed by atoms with Gasteiger partial charge in [-0.1, -0.05) is 0 Å². The van der Waals surface area contributed by atoms with Crippen molar-refractivity contribution >= 4 is 11.8 Å². The van der Waals surface area contributed by atoms with Gasteiger partial charge >= 0.3 is 0 Å². The maximum absolute atomic E-state index is 12.0. The summed E-state index contributed by atoms with van der Waals surface area (Å²) in [7, 11) is 0. The number of nitrogens with one attached hydrogen (secondary N) is 3. The molecular weight excluding hydrogens is 244 g/mol. The highest BCUT2D eigenvalue weighted by Gasteiger charge is 2.27. The van der Waals surface area contributed by atoms with Crippen LogP contribution in [-0.2, 0) is 9.59 Å². The fourth-order valence-electron chi connectivity index (χ4n) is 2.61. The Bertz CT molecular complexity index is 328. The van der Waals surface area contributed by atoms with Gasteiger partial charge in [0.1, 0.15) is 6.04 Å². The van der Waals surface area contributed by atoms with E-state index in [4.69, 9.17) is 0 Å². The lowest BCUT2D eigenvalue weighted by atomic mass is 10.0. The molecule has 2 amide bonds. The van der Waals surface area contributed by atoms with Crippen molar-refractivity contribution in [1.29, 1.82) is 0 Å². The topological polar surface area (TPSA) is 73.5 Å². The summed E-state index contributed by atoms with van der Waals surface area (Å²) in [6.45, 7) is 7.09. The lowest BCUT2D eigenvalue weighted by Crippen LogP contribution is -2.59. The quantitative estimate of drug-likeness (QED) is 0.618. The third-order valence-electron chi connectivity index (χ3n) is 3.94. The molecule has 0 bridgehead atoms. The van der Waals surface area contributed by atoms with E-state index in [0.29, 0.717) is 12.6 Å². The van der Waals surface area contributed by atoms with Crippen LogP contribution in [0, 0.1) is 0 Å². The van der Waals surface area contributed by atoms with E-state index in [1.807, 2.05) is 0 Å². The molecule has 0 aromatic heterocycles. The molecule has 0 radical (unpaired) electrons. The van der Waals surface area contributed by atoms with Crippen molar-refractivity contribution in [1.82, 2.24) is 20.9 Å². The highest BCUT2D eigenvalue weighted by atomic mass is 16.2. The fourth-order valence-corrected chi connectivity index (χ4v) is 2.61. The summed E-state index contributed by atoms with van der Waals surface area (Å²) in [5.74, 6) is -0.0442. The number of nitrogens with zero attached hydrogens (tertiary/aromatic N) is 1. The van der Waals surface area contributed by atoms with E-state index in [2.05, 4.69) is 34.7 Å². The predicted molar refractivity (Wildman–Crippen MR) is 72.7 cm³/mol. The van der Waals surface area contributed by atoms with Crippen molar-refractivity contribution in [3.63, 3.8) is 0 Å². The summed E-state index contributed by atoms with van der Waals surface area (Å²) in [5, 5.41) is 8.74. The first kappa shape index (κ1) is 14.3. The van der Waals surface area contributed by atoms with Crippen LogP contribution in [0.3, 0.4) is 0 Å². The monoisotopic (exact) mass is 268 g/mol. The van der Waals surface area contributed by atoms with E-state index in [9.17, 15) is 9.59 Å². The van der Waals surface area contributed by atoms with E-state index >= 15 is 0 Å². The van der Waals surface area contributed by atoms with Crippen LogP contribution in [0.4, 0.5) is 0 Å². The molecule has 0 spiro atoms. The van der Waals surface area contributed by atoms with Crippen LogP contribution >= 0.6 is 0 Å². The van der Waals surface area contributed by atoms with Gasteiger partial charge in [-0.15, -0.1) is 0 Å². The molecule has 2 fully saturated rings. The van der Waals surface area contributed by atoms with Gasteiger partial charge in [0.25, 0.3) is 0 Å². The molecule has 0 aromatic carbocycles. The molecule has 3 N–H and O–H groups in total. The van der Waals surface area contributed by atoms with Crippen molar-refractivity contribution in [3.05, 3.63) is 0 Å². The third-order valence-corrected chi connectivity index (χ3v) is 3.94. The maximum Gasteiger partial charge on any atom is 0.239 e. The zero-order valence-corrected chi connectivity index (χ0v) is 11.7. The average Bonchev–Trinajstić information content (AvgIpc) is 2.40. The van der Waals surface area contributed by atoms with E-state index in [0.717, 1.165) is 25.9 Å². The molecule has 2 rings (SSSR count). The number of rotatable bonds is 3. The minimum atomic E-state index is -0.291. The largest absolute Gasteiger partial charge is 0.353 e. The van der Waals surface area contributed by atoms with Gasteiger partial charge in [0.05, 0.1) is 6.54 Å². The van der Waals surface area contributed by atoms with Gasteiger partial charge in [-0.2, -0.15) is 0 Å². The number of piperidine rings is 1. The van der Waals surface area contributed by atoms with Gasteiger partial charge in [0, 0.05) is 31.7 Å². The molecule has 1 unspecified atom stereocenters. The highest BCUT2D eigenvalue weighted by molar-refractivity contribution is 5.86. The van der Waals surface area contributed by atoms with Crippen molar-refractivity contribution in [3.8, 4) is 0 Å². The Morgan fingerprint density at radius 3 is 2.58 bits per heavy atom. The average molecular weight is 268 g/mol. The predicted octanol–water partition coefficient (Wildman–Crippen LogP) is -0.937. The summed E-state index contributed by atoms with van der Waals surface area (Å²) in [5.41, 5.74) is 0. The maximum atomic E-state index is 12.0. The van der Waals surface area contributed by atoms with Gasteiger partial charge in [-0.25, -0.2) is 0 Å². The normalized spacial score (nSPS) is 26.3. The number of carbonyl (C=O) groups is 2. The standard InChI is InChI=1S/C13H24N4O2/c1-9(2)17-5-3-10(4-6-17)16-13(19)11-7-15-12(18)8-14-11/h9-11,14H,3-8H2,1-2H3,(H,15,18)(H,16,19). The second-order valence-electron chi connectivity index (χ2n) is 5.65. The van der Waals surface area contributed by atoms with Gasteiger partial charge in [-0.05, 0) is 26.7 Å². The van der Waals surface area contributed by atoms with Crippen LogP contribution in [0.5, 0.6) is 0 Å². The van der Waals surface area contributed by atoms with E-state index in [1.165, 1.54) is 0 Å². The zero-order valence-electron chi connectivity index (χ0n) is 11.7. The van der Waals surface area contributed by atoms with Crippen LogP contribution in [0.15, 0.2) is 0 Å². The first-order valence-corrected chi connectivity index (χ1v) is 7.11. The Labute approximate surface area is 114 Å². The van der Waals surface area contributed by atoms with E-state index in [1.54, 1.807) is 0 Å². The molecule has 6 nitrogen and oxygen atoms in total. The Kier molecular flexibility index (Phi) is 4.76. The number of hydrogen-bond acceptors (Lipinski definition) is 4. The highest BCUT2D eigenvalue weighted by Crippen LogP contribution is 2.13. The molecule has 2 aliphatic heterocycles. The molecule has 2 heterocycles. The smallest absolute Gasteiger partial charge is 0.239 e.